The van der Waals surface area contributed by atoms with E-state index in [9.17, 15) is 4.79 Å². The smallest absolute Gasteiger partial charge is 0.263 e. The molecule has 1 aliphatic heterocycles. The zero-order valence-electron chi connectivity index (χ0n) is 9.16. The van der Waals surface area contributed by atoms with Gasteiger partial charge in [0.15, 0.2) is 0 Å². The van der Waals surface area contributed by atoms with Gasteiger partial charge in [0.05, 0.1) is 23.9 Å². The fraction of sp³-hybridized carbons (Fsp3) is 0.500. The van der Waals surface area contributed by atoms with Crippen molar-refractivity contribution in [2.45, 2.75) is 0 Å². The SMILES string of the molecule is CNC(=O)c1sc(N2CCOCC2)cc1N. The highest BCUT2D eigenvalue weighted by molar-refractivity contribution is 7.18. The number of ether oxygens (including phenoxy) is 1. The number of rotatable bonds is 2. The number of hydrogen-bond acceptors (Lipinski definition) is 5. The molecular formula is C10H15N3O2S. The normalized spacial score (nSPS) is 16.2. The molecule has 1 aromatic heterocycles. The Kier molecular flexibility index (Phi) is 3.31. The third-order valence-corrected chi connectivity index (χ3v) is 3.71. The quantitative estimate of drug-likeness (QED) is 0.792. The highest BCUT2D eigenvalue weighted by Crippen LogP contribution is 2.32. The number of carbonyl (C=O) groups is 1. The lowest BCUT2D eigenvalue weighted by Gasteiger charge is -2.27. The summed E-state index contributed by atoms with van der Waals surface area (Å²) in [5.41, 5.74) is 6.36. The van der Waals surface area contributed by atoms with Gasteiger partial charge in [-0.2, -0.15) is 0 Å². The molecule has 1 saturated heterocycles. The number of morpholine rings is 1. The molecule has 16 heavy (non-hydrogen) atoms. The largest absolute Gasteiger partial charge is 0.397 e. The number of nitrogens with two attached hydrogens (primary N) is 1. The first-order chi connectivity index (χ1) is 7.72. The average molecular weight is 241 g/mol. The minimum Gasteiger partial charge on any atom is -0.397 e. The highest BCUT2D eigenvalue weighted by Gasteiger charge is 2.18. The Bertz CT molecular complexity index is 385. The molecule has 0 spiro atoms. The topological polar surface area (TPSA) is 67.6 Å². The minimum absolute atomic E-state index is 0.123. The second-order valence-electron chi connectivity index (χ2n) is 3.55. The predicted molar refractivity (Wildman–Crippen MR) is 65.2 cm³/mol. The summed E-state index contributed by atoms with van der Waals surface area (Å²) >= 11 is 1.43. The van der Waals surface area contributed by atoms with Crippen LogP contribution in [-0.4, -0.2) is 39.3 Å². The maximum absolute atomic E-state index is 11.5. The highest BCUT2D eigenvalue weighted by atomic mass is 32.1. The summed E-state index contributed by atoms with van der Waals surface area (Å²) in [6.07, 6.45) is 0. The Balaban J connectivity index is 2.19. The fourth-order valence-corrected chi connectivity index (χ4v) is 2.70. The summed E-state index contributed by atoms with van der Waals surface area (Å²) in [4.78, 5) is 14.3. The molecule has 1 amide bonds. The summed E-state index contributed by atoms with van der Waals surface area (Å²) < 4.78 is 5.28. The molecule has 2 rings (SSSR count). The van der Waals surface area contributed by atoms with Gasteiger partial charge in [-0.05, 0) is 6.07 Å². The van der Waals surface area contributed by atoms with Crippen molar-refractivity contribution in [1.82, 2.24) is 5.32 Å². The van der Waals surface area contributed by atoms with Crippen molar-refractivity contribution in [2.75, 3.05) is 44.0 Å². The van der Waals surface area contributed by atoms with Crippen molar-refractivity contribution < 1.29 is 9.53 Å². The van der Waals surface area contributed by atoms with E-state index in [1.807, 2.05) is 6.07 Å². The number of amides is 1. The van der Waals surface area contributed by atoms with E-state index in [-0.39, 0.29) is 5.91 Å². The summed E-state index contributed by atoms with van der Waals surface area (Å²) in [5, 5.41) is 3.63. The van der Waals surface area contributed by atoms with Crippen molar-refractivity contribution in [3.05, 3.63) is 10.9 Å². The van der Waals surface area contributed by atoms with Crippen LogP contribution in [0.4, 0.5) is 10.7 Å². The molecule has 3 N–H and O–H groups in total. The lowest BCUT2D eigenvalue weighted by atomic mass is 10.3. The number of nitrogen functional groups attached to an aromatic ring is 1. The van der Waals surface area contributed by atoms with Crippen LogP contribution in [0.1, 0.15) is 9.67 Å². The molecule has 5 nitrogen and oxygen atoms in total. The van der Waals surface area contributed by atoms with E-state index in [4.69, 9.17) is 10.5 Å². The van der Waals surface area contributed by atoms with Crippen molar-refractivity contribution in [3.63, 3.8) is 0 Å². The predicted octanol–water partition coefficient (Wildman–Crippen LogP) is 0.526. The molecule has 88 valence electrons. The number of nitrogens with zero attached hydrogens (tertiary/aromatic N) is 1. The van der Waals surface area contributed by atoms with Gasteiger partial charge in [0.2, 0.25) is 0 Å². The third-order valence-electron chi connectivity index (χ3n) is 2.50. The van der Waals surface area contributed by atoms with Crippen LogP contribution in [0.15, 0.2) is 6.07 Å². The Morgan fingerprint density at radius 2 is 2.25 bits per heavy atom. The van der Waals surface area contributed by atoms with Crippen LogP contribution < -0.4 is 16.0 Å². The second kappa shape index (κ2) is 4.71. The van der Waals surface area contributed by atoms with Crippen LogP contribution in [-0.2, 0) is 4.74 Å². The monoisotopic (exact) mass is 241 g/mol. The molecule has 0 aromatic carbocycles. The summed E-state index contributed by atoms with van der Waals surface area (Å²) in [7, 11) is 1.61. The van der Waals surface area contributed by atoms with E-state index >= 15 is 0 Å². The molecule has 0 radical (unpaired) electrons. The molecule has 2 heterocycles. The van der Waals surface area contributed by atoms with Crippen LogP contribution in [0.3, 0.4) is 0 Å². The summed E-state index contributed by atoms with van der Waals surface area (Å²) in [6, 6.07) is 1.86. The van der Waals surface area contributed by atoms with Crippen molar-refractivity contribution in [1.29, 1.82) is 0 Å². The molecule has 1 fully saturated rings. The number of carbonyl (C=O) groups excluding carboxylic acids is 1. The van der Waals surface area contributed by atoms with Gasteiger partial charge in [0.25, 0.3) is 5.91 Å². The second-order valence-corrected chi connectivity index (χ2v) is 4.58. The molecule has 0 bridgehead atoms. The summed E-state index contributed by atoms with van der Waals surface area (Å²) in [6.45, 7) is 3.17. The van der Waals surface area contributed by atoms with Crippen LogP contribution in [0.2, 0.25) is 0 Å². The minimum atomic E-state index is -0.123. The van der Waals surface area contributed by atoms with Gasteiger partial charge in [-0.25, -0.2) is 0 Å². The lowest BCUT2D eigenvalue weighted by molar-refractivity contribution is 0.0968. The Hall–Kier alpha value is -1.27. The molecule has 0 saturated carbocycles. The van der Waals surface area contributed by atoms with Gasteiger partial charge >= 0.3 is 0 Å². The van der Waals surface area contributed by atoms with Gasteiger partial charge < -0.3 is 20.7 Å². The fourth-order valence-electron chi connectivity index (χ4n) is 1.62. The molecule has 0 unspecified atom stereocenters. The number of hydrogen-bond donors (Lipinski definition) is 2. The van der Waals surface area contributed by atoms with E-state index in [0.717, 1.165) is 31.3 Å². The van der Waals surface area contributed by atoms with Crippen LogP contribution in [0.25, 0.3) is 0 Å². The Morgan fingerprint density at radius 3 is 2.88 bits per heavy atom. The molecule has 6 heteroatoms. The van der Waals surface area contributed by atoms with Gasteiger partial charge in [-0.3, -0.25) is 4.79 Å². The first-order valence-electron chi connectivity index (χ1n) is 5.16. The first kappa shape index (κ1) is 11.2. The van der Waals surface area contributed by atoms with E-state index in [2.05, 4.69) is 10.2 Å². The average Bonchev–Trinajstić information content (AvgIpc) is 2.71. The standard InChI is InChI=1S/C10H15N3O2S/c1-12-10(14)9-7(11)6-8(16-9)13-2-4-15-5-3-13/h6H,2-5,11H2,1H3,(H,12,14). The zero-order valence-corrected chi connectivity index (χ0v) is 9.97. The summed E-state index contributed by atoms with van der Waals surface area (Å²) in [5.74, 6) is -0.123. The van der Waals surface area contributed by atoms with Crippen molar-refractivity contribution >= 4 is 27.9 Å². The Morgan fingerprint density at radius 1 is 1.56 bits per heavy atom. The van der Waals surface area contributed by atoms with Crippen LogP contribution >= 0.6 is 11.3 Å². The van der Waals surface area contributed by atoms with Crippen LogP contribution in [0.5, 0.6) is 0 Å². The lowest BCUT2D eigenvalue weighted by Crippen LogP contribution is -2.35. The number of nitrogens with one attached hydrogen (secondary N) is 1. The molecule has 1 aromatic rings. The maximum Gasteiger partial charge on any atom is 0.263 e. The first-order valence-corrected chi connectivity index (χ1v) is 5.98. The molecule has 0 aliphatic carbocycles. The van der Waals surface area contributed by atoms with Crippen LogP contribution in [0, 0.1) is 0 Å². The van der Waals surface area contributed by atoms with Crippen molar-refractivity contribution in [3.8, 4) is 0 Å². The van der Waals surface area contributed by atoms with E-state index < -0.39 is 0 Å². The van der Waals surface area contributed by atoms with Crippen molar-refractivity contribution in [2.24, 2.45) is 0 Å². The van der Waals surface area contributed by atoms with Gasteiger partial charge in [-0.15, -0.1) is 11.3 Å². The number of anilines is 2. The molecular weight excluding hydrogens is 226 g/mol. The number of thiophene rings is 1. The van der Waals surface area contributed by atoms with Gasteiger partial charge in [-0.1, -0.05) is 0 Å². The zero-order chi connectivity index (χ0) is 11.5. The van der Waals surface area contributed by atoms with E-state index in [1.54, 1.807) is 7.05 Å². The van der Waals surface area contributed by atoms with E-state index in [0.29, 0.717) is 10.6 Å². The van der Waals surface area contributed by atoms with Gasteiger partial charge in [0, 0.05) is 20.1 Å². The third kappa shape index (κ3) is 2.12. The molecule has 0 atom stereocenters. The van der Waals surface area contributed by atoms with Gasteiger partial charge in [0.1, 0.15) is 4.88 Å². The molecule has 1 aliphatic rings. The van der Waals surface area contributed by atoms with E-state index in [1.165, 1.54) is 11.3 Å². The maximum atomic E-state index is 11.5. The Labute approximate surface area is 98.2 Å².